The van der Waals surface area contributed by atoms with E-state index in [1.165, 1.54) is 6.42 Å². The summed E-state index contributed by atoms with van der Waals surface area (Å²) >= 11 is 0. The molecule has 13 heavy (non-hydrogen) atoms. The summed E-state index contributed by atoms with van der Waals surface area (Å²) in [5.74, 6) is 0.731. The van der Waals surface area contributed by atoms with Gasteiger partial charge in [0.1, 0.15) is 0 Å². The zero-order valence-electron chi connectivity index (χ0n) is 8.67. The predicted molar refractivity (Wildman–Crippen MR) is 57.5 cm³/mol. The molecule has 0 aromatic heterocycles. The van der Waals surface area contributed by atoms with Gasteiger partial charge in [0.25, 0.3) is 0 Å². The van der Waals surface area contributed by atoms with Crippen LogP contribution >= 0.6 is 0 Å². The molecule has 0 aliphatic rings. The van der Waals surface area contributed by atoms with E-state index >= 15 is 0 Å². The van der Waals surface area contributed by atoms with Crippen molar-refractivity contribution in [1.82, 2.24) is 5.32 Å². The zero-order chi connectivity index (χ0) is 9.94. The maximum atomic E-state index is 10.7. The Balaban J connectivity index is 2.87. The second kappa shape index (κ2) is 10.2. The lowest BCUT2D eigenvalue weighted by Crippen LogP contribution is -2.24. The summed E-state index contributed by atoms with van der Waals surface area (Å²) in [5, 5.41) is 3.18. The molecule has 0 fully saturated rings. The van der Waals surface area contributed by atoms with Gasteiger partial charge >= 0.3 is 0 Å². The molecule has 0 spiro atoms. The molecule has 0 saturated carbocycles. The molecule has 0 aliphatic heterocycles. The van der Waals surface area contributed by atoms with E-state index in [0.717, 1.165) is 38.5 Å². The molecule has 1 N–H and O–H groups in total. The van der Waals surface area contributed by atoms with E-state index in [1.807, 2.05) is 0 Å². The van der Waals surface area contributed by atoms with Crippen molar-refractivity contribution in [3.05, 3.63) is 0 Å². The minimum Gasteiger partial charge on any atom is -0.380 e. The fourth-order valence-electron chi connectivity index (χ4n) is 0.834. The standard InChI is InChI=1S/C9H21NO2S/c1-3-4-7-12-8-5-10-6-9-13(2)11/h10H,3-9H2,1-2H3. The molecular formula is C9H21NO2S. The van der Waals surface area contributed by atoms with Crippen LogP contribution in [-0.4, -0.2) is 42.5 Å². The number of hydrogen-bond donors (Lipinski definition) is 1. The maximum Gasteiger partial charge on any atom is 0.0590 e. The lowest BCUT2D eigenvalue weighted by molar-refractivity contribution is 0.133. The molecule has 0 saturated heterocycles. The van der Waals surface area contributed by atoms with Crippen LogP contribution in [0.2, 0.25) is 0 Å². The van der Waals surface area contributed by atoms with Gasteiger partial charge in [-0.05, 0) is 6.42 Å². The van der Waals surface area contributed by atoms with Crippen molar-refractivity contribution >= 4 is 10.8 Å². The van der Waals surface area contributed by atoms with Crippen molar-refractivity contribution in [3.8, 4) is 0 Å². The van der Waals surface area contributed by atoms with Gasteiger partial charge in [0, 0.05) is 42.5 Å². The third-order valence-corrected chi connectivity index (χ3v) is 2.41. The van der Waals surface area contributed by atoms with Gasteiger partial charge in [0.15, 0.2) is 0 Å². The predicted octanol–water partition coefficient (Wildman–Crippen LogP) is 0.771. The molecule has 0 aliphatic carbocycles. The van der Waals surface area contributed by atoms with E-state index in [4.69, 9.17) is 4.74 Å². The quantitative estimate of drug-likeness (QED) is 0.568. The molecule has 0 amide bonds. The van der Waals surface area contributed by atoms with Crippen LogP contribution in [0.1, 0.15) is 19.8 Å². The molecule has 1 atom stereocenters. The highest BCUT2D eigenvalue weighted by Gasteiger charge is 1.91. The van der Waals surface area contributed by atoms with Crippen LogP contribution in [0.5, 0.6) is 0 Å². The summed E-state index contributed by atoms with van der Waals surface area (Å²) in [6, 6.07) is 0. The molecule has 0 aromatic carbocycles. The van der Waals surface area contributed by atoms with E-state index in [1.54, 1.807) is 6.26 Å². The summed E-state index contributed by atoms with van der Waals surface area (Å²) in [5.41, 5.74) is 0. The van der Waals surface area contributed by atoms with Crippen molar-refractivity contribution in [1.29, 1.82) is 0 Å². The van der Waals surface area contributed by atoms with Gasteiger partial charge in [0.2, 0.25) is 0 Å². The van der Waals surface area contributed by atoms with Crippen molar-refractivity contribution in [2.45, 2.75) is 19.8 Å². The first-order valence-electron chi connectivity index (χ1n) is 4.86. The second-order valence-corrected chi connectivity index (χ2v) is 4.55. The van der Waals surface area contributed by atoms with Gasteiger partial charge in [-0.25, -0.2) is 0 Å². The minimum atomic E-state index is -0.679. The molecule has 1 unspecified atom stereocenters. The second-order valence-electron chi connectivity index (χ2n) is 2.99. The Kier molecular flexibility index (Phi) is 10.2. The van der Waals surface area contributed by atoms with Crippen LogP contribution in [0.3, 0.4) is 0 Å². The normalized spacial score (nSPS) is 13.1. The van der Waals surface area contributed by atoms with E-state index in [2.05, 4.69) is 12.2 Å². The Morgan fingerprint density at radius 1 is 1.31 bits per heavy atom. The Hall–Kier alpha value is 0.0700. The highest BCUT2D eigenvalue weighted by molar-refractivity contribution is 7.84. The SMILES string of the molecule is CCCCOCCNCCS(C)=O. The van der Waals surface area contributed by atoms with E-state index in [0.29, 0.717) is 0 Å². The van der Waals surface area contributed by atoms with Gasteiger partial charge < -0.3 is 10.1 Å². The fourth-order valence-corrected chi connectivity index (χ4v) is 1.27. The first kappa shape index (κ1) is 13.1. The largest absolute Gasteiger partial charge is 0.380 e. The number of hydrogen-bond acceptors (Lipinski definition) is 3. The molecule has 0 bridgehead atoms. The zero-order valence-corrected chi connectivity index (χ0v) is 9.49. The summed E-state index contributed by atoms with van der Waals surface area (Å²) in [4.78, 5) is 0. The van der Waals surface area contributed by atoms with Crippen molar-refractivity contribution < 1.29 is 8.95 Å². The smallest absolute Gasteiger partial charge is 0.0590 e. The van der Waals surface area contributed by atoms with Crippen LogP contribution in [-0.2, 0) is 15.5 Å². The molecule has 0 aromatic rings. The maximum absolute atomic E-state index is 10.7. The topological polar surface area (TPSA) is 38.3 Å². The van der Waals surface area contributed by atoms with Crippen LogP contribution in [0, 0.1) is 0 Å². The van der Waals surface area contributed by atoms with Crippen molar-refractivity contribution in [2.24, 2.45) is 0 Å². The average Bonchev–Trinajstić information content (AvgIpc) is 2.09. The van der Waals surface area contributed by atoms with E-state index in [9.17, 15) is 4.21 Å². The lowest BCUT2D eigenvalue weighted by Gasteiger charge is -2.04. The molecule has 3 nitrogen and oxygen atoms in total. The number of ether oxygens (including phenoxy) is 1. The molecule has 0 heterocycles. The Morgan fingerprint density at radius 3 is 2.69 bits per heavy atom. The molecule has 0 radical (unpaired) electrons. The number of nitrogens with one attached hydrogen (secondary N) is 1. The molecule has 0 rings (SSSR count). The van der Waals surface area contributed by atoms with Gasteiger partial charge in [-0.3, -0.25) is 4.21 Å². The summed E-state index contributed by atoms with van der Waals surface area (Å²) in [6.07, 6.45) is 4.04. The number of rotatable bonds is 9. The first-order valence-corrected chi connectivity index (χ1v) is 6.58. The van der Waals surface area contributed by atoms with Crippen molar-refractivity contribution in [2.75, 3.05) is 38.3 Å². The van der Waals surface area contributed by atoms with Crippen LogP contribution in [0.4, 0.5) is 0 Å². The third-order valence-electron chi connectivity index (χ3n) is 1.63. The van der Waals surface area contributed by atoms with Crippen LogP contribution < -0.4 is 5.32 Å². The summed E-state index contributed by atoms with van der Waals surface area (Å²) < 4.78 is 16.0. The third kappa shape index (κ3) is 12.1. The molecular weight excluding hydrogens is 186 g/mol. The summed E-state index contributed by atoms with van der Waals surface area (Å²) in [7, 11) is -0.679. The Labute approximate surface area is 83.7 Å². The minimum absolute atomic E-state index is 0.679. The van der Waals surface area contributed by atoms with Gasteiger partial charge in [-0.15, -0.1) is 0 Å². The fraction of sp³-hybridized carbons (Fsp3) is 1.00. The van der Waals surface area contributed by atoms with E-state index in [-0.39, 0.29) is 0 Å². The van der Waals surface area contributed by atoms with Gasteiger partial charge in [-0.1, -0.05) is 13.3 Å². The van der Waals surface area contributed by atoms with Gasteiger partial charge in [0.05, 0.1) is 6.61 Å². The average molecular weight is 207 g/mol. The van der Waals surface area contributed by atoms with Crippen molar-refractivity contribution in [3.63, 3.8) is 0 Å². The molecule has 4 heteroatoms. The Bertz CT molecular complexity index is 131. The first-order chi connectivity index (χ1) is 6.27. The van der Waals surface area contributed by atoms with Crippen LogP contribution in [0.15, 0.2) is 0 Å². The lowest BCUT2D eigenvalue weighted by atomic mass is 10.4. The molecule has 80 valence electrons. The highest BCUT2D eigenvalue weighted by atomic mass is 32.2. The van der Waals surface area contributed by atoms with Crippen LogP contribution in [0.25, 0.3) is 0 Å². The van der Waals surface area contributed by atoms with Gasteiger partial charge in [-0.2, -0.15) is 0 Å². The van der Waals surface area contributed by atoms with E-state index < -0.39 is 10.8 Å². The summed E-state index contributed by atoms with van der Waals surface area (Å²) in [6.45, 7) is 5.45. The Morgan fingerprint density at radius 2 is 2.08 bits per heavy atom. The number of unbranched alkanes of at least 4 members (excludes halogenated alkanes) is 1. The highest BCUT2D eigenvalue weighted by Crippen LogP contribution is 1.86. The monoisotopic (exact) mass is 207 g/mol.